The highest BCUT2D eigenvalue weighted by atomic mass is 19.1. The second kappa shape index (κ2) is 7.32. The average molecular weight is 391 g/mol. The van der Waals surface area contributed by atoms with Gasteiger partial charge in [0.1, 0.15) is 6.17 Å². The number of fused-ring (bicyclic) bond motifs is 1. The molecule has 2 aliphatic rings. The van der Waals surface area contributed by atoms with Crippen molar-refractivity contribution < 1.29 is 14.0 Å². The largest absolute Gasteiger partial charge is 0.371 e. The van der Waals surface area contributed by atoms with Gasteiger partial charge in [0.2, 0.25) is 0 Å². The van der Waals surface area contributed by atoms with Crippen molar-refractivity contribution in [2.24, 2.45) is 0 Å². The van der Waals surface area contributed by atoms with Crippen LogP contribution in [0.5, 0.6) is 0 Å². The number of imide groups is 1. The van der Waals surface area contributed by atoms with Gasteiger partial charge in [-0.1, -0.05) is 36.4 Å². The third-order valence-corrected chi connectivity index (χ3v) is 5.94. The SMILES string of the molecule is CC(F)Cc1ccc2c(c1N1CCC(C#N)(c3ccccc3)CC1)C(=O)NC2=O. The van der Waals surface area contributed by atoms with Gasteiger partial charge in [0.25, 0.3) is 11.8 Å². The molecule has 1 N–H and O–H groups in total. The van der Waals surface area contributed by atoms with Crippen molar-refractivity contribution in [3.63, 3.8) is 0 Å². The first-order valence-electron chi connectivity index (χ1n) is 9.82. The highest BCUT2D eigenvalue weighted by molar-refractivity contribution is 6.24. The van der Waals surface area contributed by atoms with Crippen LogP contribution in [0.1, 0.15) is 51.6 Å². The summed E-state index contributed by atoms with van der Waals surface area (Å²) in [4.78, 5) is 26.6. The lowest BCUT2D eigenvalue weighted by Gasteiger charge is -2.40. The van der Waals surface area contributed by atoms with Crippen LogP contribution in [-0.2, 0) is 11.8 Å². The number of piperidine rings is 1. The summed E-state index contributed by atoms with van der Waals surface area (Å²) in [6.45, 7) is 2.58. The van der Waals surface area contributed by atoms with Crippen molar-refractivity contribution in [1.29, 1.82) is 5.26 Å². The highest BCUT2D eigenvalue weighted by Gasteiger charge is 2.39. The van der Waals surface area contributed by atoms with Crippen molar-refractivity contribution >= 4 is 17.5 Å². The van der Waals surface area contributed by atoms with Crippen molar-refractivity contribution in [2.75, 3.05) is 18.0 Å². The Hall–Kier alpha value is -3.20. The summed E-state index contributed by atoms with van der Waals surface area (Å²) in [5.41, 5.74) is 2.42. The van der Waals surface area contributed by atoms with E-state index < -0.39 is 23.4 Å². The summed E-state index contributed by atoms with van der Waals surface area (Å²) in [5, 5.41) is 12.3. The second-order valence-electron chi connectivity index (χ2n) is 7.81. The Balaban J connectivity index is 1.71. The molecule has 0 aromatic heterocycles. The van der Waals surface area contributed by atoms with Crippen molar-refractivity contribution in [2.45, 2.75) is 37.8 Å². The topological polar surface area (TPSA) is 73.2 Å². The van der Waals surface area contributed by atoms with Gasteiger partial charge in [0, 0.05) is 19.5 Å². The molecule has 4 rings (SSSR count). The van der Waals surface area contributed by atoms with Crippen LogP contribution in [0, 0.1) is 11.3 Å². The molecule has 1 saturated heterocycles. The number of amides is 2. The zero-order valence-electron chi connectivity index (χ0n) is 16.2. The fraction of sp³-hybridized carbons (Fsp3) is 0.348. The Morgan fingerprint density at radius 2 is 1.83 bits per heavy atom. The number of carbonyl (C=O) groups excluding carboxylic acids is 2. The smallest absolute Gasteiger partial charge is 0.261 e. The number of alkyl halides is 1. The molecule has 6 heteroatoms. The molecule has 1 unspecified atom stereocenters. The number of hydrogen-bond acceptors (Lipinski definition) is 4. The molecule has 1 atom stereocenters. The zero-order valence-corrected chi connectivity index (χ0v) is 16.2. The molecule has 0 spiro atoms. The summed E-state index contributed by atoms with van der Waals surface area (Å²) < 4.78 is 13.8. The van der Waals surface area contributed by atoms with Crippen molar-refractivity contribution in [1.82, 2.24) is 5.32 Å². The van der Waals surface area contributed by atoms with Crippen LogP contribution in [0.15, 0.2) is 42.5 Å². The van der Waals surface area contributed by atoms with E-state index in [1.54, 1.807) is 12.1 Å². The Labute approximate surface area is 169 Å². The van der Waals surface area contributed by atoms with Crippen LogP contribution in [-0.4, -0.2) is 31.1 Å². The Kier molecular flexibility index (Phi) is 4.83. The van der Waals surface area contributed by atoms with E-state index in [0.717, 1.165) is 5.56 Å². The van der Waals surface area contributed by atoms with Gasteiger partial charge in [-0.3, -0.25) is 14.9 Å². The van der Waals surface area contributed by atoms with Gasteiger partial charge in [-0.2, -0.15) is 5.26 Å². The Morgan fingerprint density at radius 3 is 2.45 bits per heavy atom. The van der Waals surface area contributed by atoms with Crippen molar-refractivity contribution in [3.05, 3.63) is 64.7 Å². The van der Waals surface area contributed by atoms with Crippen LogP contribution in [0.2, 0.25) is 0 Å². The highest BCUT2D eigenvalue weighted by Crippen LogP contribution is 2.40. The Morgan fingerprint density at radius 1 is 1.14 bits per heavy atom. The number of carbonyl (C=O) groups is 2. The summed E-state index contributed by atoms with van der Waals surface area (Å²) in [5.74, 6) is -0.854. The van der Waals surface area contributed by atoms with Gasteiger partial charge in [0.15, 0.2) is 0 Å². The number of nitrogens with zero attached hydrogens (tertiary/aromatic N) is 2. The summed E-state index contributed by atoms with van der Waals surface area (Å²) in [6.07, 6.45) is 0.288. The maximum atomic E-state index is 13.8. The van der Waals surface area contributed by atoms with Gasteiger partial charge in [-0.15, -0.1) is 0 Å². The Bertz CT molecular complexity index is 1000. The van der Waals surface area contributed by atoms with E-state index in [-0.39, 0.29) is 6.42 Å². The maximum absolute atomic E-state index is 13.8. The monoisotopic (exact) mass is 391 g/mol. The number of nitriles is 1. The van der Waals surface area contributed by atoms with Crippen LogP contribution in [0.3, 0.4) is 0 Å². The van der Waals surface area contributed by atoms with E-state index in [9.17, 15) is 19.2 Å². The van der Waals surface area contributed by atoms with E-state index in [0.29, 0.717) is 48.3 Å². The molecule has 2 aromatic rings. The average Bonchev–Trinajstić information content (AvgIpc) is 3.02. The molecule has 0 aliphatic carbocycles. The number of halogens is 1. The molecule has 29 heavy (non-hydrogen) atoms. The van der Waals surface area contributed by atoms with E-state index in [1.165, 1.54) is 6.92 Å². The minimum Gasteiger partial charge on any atom is -0.371 e. The zero-order chi connectivity index (χ0) is 20.6. The lowest BCUT2D eigenvalue weighted by Crippen LogP contribution is -2.43. The summed E-state index contributed by atoms with van der Waals surface area (Å²) >= 11 is 0. The second-order valence-corrected chi connectivity index (χ2v) is 7.81. The van der Waals surface area contributed by atoms with E-state index >= 15 is 0 Å². The molecule has 2 aliphatic heterocycles. The number of nitrogens with one attached hydrogen (secondary N) is 1. The number of benzene rings is 2. The first-order valence-corrected chi connectivity index (χ1v) is 9.82. The van der Waals surface area contributed by atoms with Gasteiger partial charge in [0.05, 0.1) is 28.3 Å². The molecular weight excluding hydrogens is 369 g/mol. The third kappa shape index (κ3) is 3.27. The molecule has 0 saturated carbocycles. The molecule has 2 heterocycles. The van der Waals surface area contributed by atoms with Crippen LogP contribution >= 0.6 is 0 Å². The van der Waals surface area contributed by atoms with Crippen LogP contribution in [0.4, 0.5) is 10.1 Å². The lowest BCUT2D eigenvalue weighted by atomic mass is 9.74. The number of hydrogen-bond donors (Lipinski definition) is 1. The fourth-order valence-electron chi connectivity index (χ4n) is 4.45. The standard InChI is InChI=1S/C23H22FN3O2/c1-15(24)13-16-7-8-18-19(22(29)26-21(18)28)20(16)27-11-9-23(14-25,10-12-27)17-5-3-2-4-6-17/h2-8,15H,9-13H2,1H3,(H,26,28,29). The minimum absolute atomic E-state index is 0.169. The van der Waals surface area contributed by atoms with E-state index in [1.807, 2.05) is 35.2 Å². The predicted octanol–water partition coefficient (Wildman–Crippen LogP) is 3.53. The quantitative estimate of drug-likeness (QED) is 0.810. The van der Waals surface area contributed by atoms with Crippen LogP contribution < -0.4 is 10.2 Å². The molecule has 2 amide bonds. The number of anilines is 1. The molecular formula is C23H22FN3O2. The molecule has 2 aromatic carbocycles. The number of rotatable bonds is 4. The maximum Gasteiger partial charge on any atom is 0.261 e. The molecule has 5 nitrogen and oxygen atoms in total. The first kappa shape index (κ1) is 19.1. The predicted molar refractivity (Wildman–Crippen MR) is 108 cm³/mol. The minimum atomic E-state index is -1.07. The third-order valence-electron chi connectivity index (χ3n) is 5.94. The normalized spacial score (nSPS) is 18.7. The summed E-state index contributed by atoms with van der Waals surface area (Å²) in [7, 11) is 0. The van der Waals surface area contributed by atoms with Gasteiger partial charge >= 0.3 is 0 Å². The van der Waals surface area contributed by atoms with E-state index in [4.69, 9.17) is 0 Å². The molecule has 0 bridgehead atoms. The van der Waals surface area contributed by atoms with E-state index in [2.05, 4.69) is 11.4 Å². The lowest BCUT2D eigenvalue weighted by molar-refractivity contribution is 0.0879. The summed E-state index contributed by atoms with van der Waals surface area (Å²) in [6, 6.07) is 15.6. The van der Waals surface area contributed by atoms with Crippen LogP contribution in [0.25, 0.3) is 0 Å². The molecule has 148 valence electrons. The van der Waals surface area contributed by atoms with Crippen molar-refractivity contribution in [3.8, 4) is 6.07 Å². The van der Waals surface area contributed by atoms with Gasteiger partial charge in [-0.05, 0) is 37.0 Å². The van der Waals surface area contributed by atoms with Gasteiger partial charge < -0.3 is 4.90 Å². The molecule has 0 radical (unpaired) electrons. The fourth-order valence-corrected chi connectivity index (χ4v) is 4.45. The first-order chi connectivity index (χ1) is 13.9. The van der Waals surface area contributed by atoms with Gasteiger partial charge in [-0.25, -0.2) is 4.39 Å². The molecule has 1 fully saturated rings.